The van der Waals surface area contributed by atoms with E-state index in [0.717, 1.165) is 5.56 Å². The van der Waals surface area contributed by atoms with E-state index in [1.54, 1.807) is 38.1 Å². The fraction of sp³-hybridized carbons (Fsp3) is 0.647. The number of benzene rings is 1. The lowest BCUT2D eigenvalue weighted by Crippen LogP contribution is -2.67. The van der Waals surface area contributed by atoms with Crippen LogP contribution in [-0.4, -0.2) is 74.5 Å². The van der Waals surface area contributed by atoms with E-state index in [9.17, 15) is 27.0 Å². The third-order valence-corrected chi connectivity index (χ3v) is 7.93. The van der Waals surface area contributed by atoms with Crippen LogP contribution in [0.25, 0.3) is 0 Å². The summed E-state index contributed by atoms with van der Waals surface area (Å²) in [4.78, 5) is -6.43. The number of ether oxygens (including phenoxy) is 3. The van der Waals surface area contributed by atoms with Crippen LogP contribution in [0, 0.1) is 0 Å². The van der Waals surface area contributed by atoms with Crippen LogP contribution in [0.5, 0.6) is 0 Å². The molecule has 0 saturated carbocycles. The molecule has 4 atom stereocenters. The van der Waals surface area contributed by atoms with Crippen molar-refractivity contribution in [3.63, 3.8) is 0 Å². The van der Waals surface area contributed by atoms with Crippen LogP contribution in [0.4, 0.5) is 0 Å². The molecule has 0 aromatic heterocycles. The van der Waals surface area contributed by atoms with E-state index < -0.39 is 54.6 Å². The van der Waals surface area contributed by atoms with E-state index in [1.807, 2.05) is 6.07 Å². The van der Waals surface area contributed by atoms with Crippen molar-refractivity contribution in [1.29, 1.82) is 0 Å². The largest absolute Gasteiger partial charge is 0.374 e. The minimum atomic E-state index is -4.58. The summed E-state index contributed by atoms with van der Waals surface area (Å²) in [5, 5.41) is 22.0. The summed E-state index contributed by atoms with van der Waals surface area (Å²) in [6, 6.07) is 8.93. The van der Waals surface area contributed by atoms with Gasteiger partial charge < -0.3 is 24.4 Å². The fourth-order valence-corrected chi connectivity index (χ4v) is 6.32. The highest BCUT2D eigenvalue weighted by molar-refractivity contribution is 7.96. The van der Waals surface area contributed by atoms with Crippen molar-refractivity contribution in [3.8, 4) is 0 Å². The van der Waals surface area contributed by atoms with Gasteiger partial charge in [-0.2, -0.15) is 0 Å². The standard InChI is InChI=1S/C17H26O9S2/c1-12(2)25-15-17(19,28(4,22)23)16(18,27(3,20)21)14(26-15)11-24-10-13-8-6-5-7-9-13/h5-9,12,14-15,18-19H,10-11H2,1-4H3/t14-,15+,16+,17+/m1/s1. The quantitative estimate of drug-likeness (QED) is 0.566. The molecule has 9 nitrogen and oxygen atoms in total. The third-order valence-electron chi connectivity index (χ3n) is 4.46. The van der Waals surface area contributed by atoms with Crippen molar-refractivity contribution >= 4 is 19.7 Å². The van der Waals surface area contributed by atoms with Gasteiger partial charge >= 0.3 is 0 Å². The van der Waals surface area contributed by atoms with Gasteiger partial charge in [-0.05, 0) is 19.4 Å². The Hall–Kier alpha value is -1.08. The second-order valence-corrected chi connectivity index (χ2v) is 11.4. The molecule has 1 aromatic carbocycles. The first kappa shape index (κ1) is 23.2. The molecule has 0 bridgehead atoms. The molecule has 0 radical (unpaired) electrons. The second kappa shape index (κ2) is 7.98. The van der Waals surface area contributed by atoms with E-state index in [0.29, 0.717) is 12.5 Å². The Labute approximate surface area is 165 Å². The highest BCUT2D eigenvalue weighted by atomic mass is 32.2. The molecule has 1 saturated heterocycles. The highest BCUT2D eigenvalue weighted by Gasteiger charge is 2.77. The summed E-state index contributed by atoms with van der Waals surface area (Å²) in [6.45, 7) is 2.66. The van der Waals surface area contributed by atoms with Gasteiger partial charge in [0, 0.05) is 12.5 Å². The number of aliphatic hydroxyl groups is 2. The molecule has 2 rings (SSSR count). The maximum atomic E-state index is 12.4. The number of hydrogen-bond acceptors (Lipinski definition) is 9. The van der Waals surface area contributed by atoms with Gasteiger partial charge in [-0.25, -0.2) is 16.8 Å². The van der Waals surface area contributed by atoms with Gasteiger partial charge in [0.05, 0.1) is 19.3 Å². The number of hydrogen-bond donors (Lipinski definition) is 2. The molecule has 160 valence electrons. The Morgan fingerprint density at radius 1 is 1.04 bits per heavy atom. The fourth-order valence-electron chi connectivity index (χ4n) is 3.06. The van der Waals surface area contributed by atoms with Crippen molar-refractivity contribution in [2.24, 2.45) is 0 Å². The number of rotatable bonds is 8. The minimum Gasteiger partial charge on any atom is -0.374 e. The molecule has 0 amide bonds. The maximum Gasteiger partial charge on any atom is 0.263 e. The number of sulfone groups is 2. The van der Waals surface area contributed by atoms with Crippen molar-refractivity contribution in [2.75, 3.05) is 19.1 Å². The van der Waals surface area contributed by atoms with E-state index >= 15 is 0 Å². The second-order valence-electron chi connectivity index (χ2n) is 7.08. The van der Waals surface area contributed by atoms with E-state index in [1.165, 1.54) is 0 Å². The predicted molar refractivity (Wildman–Crippen MR) is 101 cm³/mol. The monoisotopic (exact) mass is 438 g/mol. The molecule has 28 heavy (non-hydrogen) atoms. The Bertz CT molecular complexity index is 882. The van der Waals surface area contributed by atoms with E-state index in [-0.39, 0.29) is 6.61 Å². The molecular weight excluding hydrogens is 412 g/mol. The summed E-state index contributed by atoms with van der Waals surface area (Å²) in [6.07, 6.45) is -3.02. The zero-order valence-corrected chi connectivity index (χ0v) is 17.7. The Morgan fingerprint density at radius 3 is 2.04 bits per heavy atom. The lowest BCUT2D eigenvalue weighted by Gasteiger charge is -2.37. The van der Waals surface area contributed by atoms with Crippen molar-refractivity contribution in [2.45, 2.75) is 48.8 Å². The van der Waals surface area contributed by atoms with Crippen LogP contribution in [0.15, 0.2) is 30.3 Å². The average Bonchev–Trinajstić information content (AvgIpc) is 2.78. The van der Waals surface area contributed by atoms with Crippen molar-refractivity contribution in [3.05, 3.63) is 35.9 Å². The molecule has 11 heteroatoms. The predicted octanol–water partition coefficient (Wildman–Crippen LogP) is -0.180. The van der Waals surface area contributed by atoms with Crippen molar-refractivity contribution in [1.82, 2.24) is 0 Å². The van der Waals surface area contributed by atoms with Gasteiger partial charge in [-0.3, -0.25) is 0 Å². The first-order valence-corrected chi connectivity index (χ1v) is 12.3. The molecule has 1 heterocycles. The average molecular weight is 439 g/mol. The Kier molecular flexibility index (Phi) is 6.61. The zero-order valence-electron chi connectivity index (χ0n) is 16.1. The summed E-state index contributed by atoms with van der Waals surface area (Å²) in [5.41, 5.74) is 0.775. The van der Waals surface area contributed by atoms with Crippen LogP contribution in [0.3, 0.4) is 0 Å². The van der Waals surface area contributed by atoms with Crippen molar-refractivity contribution < 1.29 is 41.3 Å². The first-order chi connectivity index (χ1) is 12.7. The molecule has 1 aliphatic heterocycles. The summed E-state index contributed by atoms with van der Waals surface area (Å²) in [5.74, 6) is 0. The summed E-state index contributed by atoms with van der Waals surface area (Å²) < 4.78 is 65.7. The molecule has 1 aromatic rings. The van der Waals surface area contributed by atoms with Gasteiger partial charge in [0.1, 0.15) is 6.10 Å². The van der Waals surface area contributed by atoms with Crippen LogP contribution >= 0.6 is 0 Å². The summed E-state index contributed by atoms with van der Waals surface area (Å²) in [7, 11) is -9.14. The van der Waals surface area contributed by atoms with E-state index in [4.69, 9.17) is 14.2 Å². The first-order valence-electron chi connectivity index (χ1n) is 8.51. The van der Waals surface area contributed by atoms with Gasteiger partial charge in [0.15, 0.2) is 19.7 Å². The molecule has 0 aliphatic carbocycles. The minimum absolute atomic E-state index is 0.0630. The topological polar surface area (TPSA) is 136 Å². The third kappa shape index (κ3) is 3.97. The van der Waals surface area contributed by atoms with Gasteiger partial charge in [-0.15, -0.1) is 0 Å². The van der Waals surface area contributed by atoms with Gasteiger partial charge in [-0.1, -0.05) is 30.3 Å². The molecule has 0 unspecified atom stereocenters. The van der Waals surface area contributed by atoms with Crippen LogP contribution in [-0.2, 0) is 40.5 Å². The SMILES string of the molecule is CC(C)O[C@H]1O[C@H](COCc2ccccc2)[C@](O)(S(C)(=O)=O)[C@@]1(O)S(C)(=O)=O. The van der Waals surface area contributed by atoms with Crippen LogP contribution < -0.4 is 0 Å². The smallest absolute Gasteiger partial charge is 0.263 e. The maximum absolute atomic E-state index is 12.4. The molecule has 1 aliphatic rings. The van der Waals surface area contributed by atoms with E-state index in [2.05, 4.69) is 0 Å². The highest BCUT2D eigenvalue weighted by Crippen LogP contribution is 2.47. The Balaban J connectivity index is 2.41. The van der Waals surface area contributed by atoms with Gasteiger partial charge in [0.2, 0.25) is 11.2 Å². The molecular formula is C17H26O9S2. The van der Waals surface area contributed by atoms with Crippen LogP contribution in [0.1, 0.15) is 19.4 Å². The lowest BCUT2D eigenvalue weighted by atomic mass is 10.1. The molecule has 1 fully saturated rings. The normalized spacial score (nSPS) is 31.4. The summed E-state index contributed by atoms with van der Waals surface area (Å²) >= 11 is 0. The lowest BCUT2D eigenvalue weighted by molar-refractivity contribution is -0.199. The van der Waals surface area contributed by atoms with Gasteiger partial charge in [0.25, 0.3) is 4.93 Å². The molecule has 0 spiro atoms. The van der Waals surface area contributed by atoms with Crippen LogP contribution in [0.2, 0.25) is 0 Å². The Morgan fingerprint density at radius 2 is 1.57 bits per heavy atom. The molecule has 2 N–H and O–H groups in total. The zero-order chi connectivity index (χ0) is 21.4.